The molecule has 0 bridgehead atoms. The van der Waals surface area contributed by atoms with Crippen molar-refractivity contribution >= 4 is 16.6 Å². The third-order valence-corrected chi connectivity index (χ3v) is 4.73. The molecule has 2 nitrogen and oxygen atoms in total. The van der Waals surface area contributed by atoms with Crippen LogP contribution in [0.2, 0.25) is 0 Å². The molecule has 0 aliphatic carbocycles. The molecule has 0 aliphatic rings. The van der Waals surface area contributed by atoms with Crippen molar-refractivity contribution in [3.63, 3.8) is 0 Å². The predicted molar refractivity (Wildman–Crippen MR) is 82.7 cm³/mol. The molecule has 2 aromatic rings. The fourth-order valence-electron chi connectivity index (χ4n) is 2.11. The number of aryl methyl sites for hydroxylation is 3. The summed E-state index contributed by atoms with van der Waals surface area (Å²) in [6.45, 7) is 5.93. The van der Waals surface area contributed by atoms with Crippen LogP contribution in [0.3, 0.4) is 0 Å². The van der Waals surface area contributed by atoms with Gasteiger partial charge >= 0.3 is 0 Å². The summed E-state index contributed by atoms with van der Waals surface area (Å²) >= 11 is 0. The van der Waals surface area contributed by atoms with E-state index in [1.54, 1.807) is 12.1 Å². The molecule has 0 heterocycles. The van der Waals surface area contributed by atoms with Gasteiger partial charge in [-0.2, -0.15) is 0 Å². The summed E-state index contributed by atoms with van der Waals surface area (Å²) in [5, 5.41) is 0. The molecule has 2 aromatic carbocycles. The molecule has 0 aliphatic heterocycles. The fraction of sp³-hybridized carbons (Fsp3) is 0.235. The molecule has 0 N–H and O–H groups in total. The van der Waals surface area contributed by atoms with E-state index in [4.69, 9.17) is 0 Å². The zero-order chi connectivity index (χ0) is 14.7. The molecule has 0 amide bonds. The van der Waals surface area contributed by atoms with Gasteiger partial charge in [-0.3, -0.25) is 9.00 Å². The highest BCUT2D eigenvalue weighted by molar-refractivity contribution is 7.85. The van der Waals surface area contributed by atoms with Gasteiger partial charge in [0.05, 0.1) is 16.6 Å². The summed E-state index contributed by atoms with van der Waals surface area (Å²) < 4.78 is 12.2. The fourth-order valence-corrected chi connectivity index (χ4v) is 3.13. The monoisotopic (exact) mass is 286 g/mol. The van der Waals surface area contributed by atoms with E-state index in [1.165, 1.54) is 5.56 Å². The largest absolute Gasteiger partial charge is 0.293 e. The number of rotatable bonds is 4. The number of carbonyl (C=O) groups is 1. The Labute approximate surface area is 122 Å². The van der Waals surface area contributed by atoms with Gasteiger partial charge in [0.2, 0.25) is 0 Å². The lowest BCUT2D eigenvalue weighted by Gasteiger charge is -2.09. The number of hydrogen-bond donors (Lipinski definition) is 0. The number of carbonyl (C=O) groups excluding carboxylic acids is 1. The smallest absolute Gasteiger partial charge is 0.175 e. The van der Waals surface area contributed by atoms with Gasteiger partial charge < -0.3 is 0 Å². The molecule has 0 spiro atoms. The van der Waals surface area contributed by atoms with Crippen LogP contribution in [0.15, 0.2) is 47.4 Å². The third-order valence-electron chi connectivity index (χ3n) is 3.41. The topological polar surface area (TPSA) is 34.1 Å². The van der Waals surface area contributed by atoms with Crippen molar-refractivity contribution in [2.24, 2.45) is 0 Å². The molecule has 0 saturated heterocycles. The highest BCUT2D eigenvalue weighted by atomic mass is 32.2. The molecule has 0 radical (unpaired) electrons. The Bertz CT molecular complexity index is 660. The van der Waals surface area contributed by atoms with Gasteiger partial charge in [-0.25, -0.2) is 0 Å². The van der Waals surface area contributed by atoms with Crippen molar-refractivity contribution < 1.29 is 9.00 Å². The number of benzene rings is 2. The Morgan fingerprint density at radius 1 is 0.950 bits per heavy atom. The summed E-state index contributed by atoms with van der Waals surface area (Å²) in [5.41, 5.74) is 3.88. The minimum atomic E-state index is -1.28. The molecule has 104 valence electrons. The average molecular weight is 286 g/mol. The second-order valence-electron chi connectivity index (χ2n) is 4.98. The van der Waals surface area contributed by atoms with Crippen molar-refractivity contribution in [2.45, 2.75) is 25.7 Å². The van der Waals surface area contributed by atoms with E-state index < -0.39 is 10.8 Å². The molecule has 0 fully saturated rings. The van der Waals surface area contributed by atoms with Crippen molar-refractivity contribution in [3.05, 3.63) is 64.7 Å². The van der Waals surface area contributed by atoms with Crippen LogP contribution in [0.1, 0.15) is 27.0 Å². The summed E-state index contributed by atoms with van der Waals surface area (Å²) in [6, 6.07) is 13.0. The normalized spacial score (nSPS) is 12.2. The molecule has 20 heavy (non-hydrogen) atoms. The van der Waals surface area contributed by atoms with Crippen molar-refractivity contribution in [1.82, 2.24) is 0 Å². The first-order valence-corrected chi connectivity index (χ1v) is 7.85. The van der Waals surface area contributed by atoms with Crippen LogP contribution in [0.5, 0.6) is 0 Å². The number of ketones is 1. The van der Waals surface area contributed by atoms with E-state index in [2.05, 4.69) is 0 Å². The Hall–Kier alpha value is -1.74. The first-order valence-electron chi connectivity index (χ1n) is 6.53. The van der Waals surface area contributed by atoms with Gasteiger partial charge in [-0.15, -0.1) is 0 Å². The maximum absolute atomic E-state index is 12.3. The summed E-state index contributed by atoms with van der Waals surface area (Å²) in [5.74, 6) is -0.0272. The summed E-state index contributed by atoms with van der Waals surface area (Å²) in [4.78, 5) is 13.0. The van der Waals surface area contributed by atoms with Crippen LogP contribution in [0.4, 0.5) is 0 Å². The number of Topliss-reactive ketones (excluding diaryl/α,β-unsaturated/α-hetero) is 1. The second kappa shape index (κ2) is 6.14. The quantitative estimate of drug-likeness (QED) is 0.805. The maximum Gasteiger partial charge on any atom is 0.175 e. The van der Waals surface area contributed by atoms with Crippen LogP contribution < -0.4 is 0 Å². The third kappa shape index (κ3) is 3.23. The van der Waals surface area contributed by atoms with Gasteiger partial charge in [-0.1, -0.05) is 24.3 Å². The van der Waals surface area contributed by atoms with E-state index in [0.29, 0.717) is 10.5 Å². The van der Waals surface area contributed by atoms with E-state index in [9.17, 15) is 9.00 Å². The molecule has 2 rings (SSSR count). The zero-order valence-corrected chi connectivity index (χ0v) is 12.8. The first kappa shape index (κ1) is 14.7. The van der Waals surface area contributed by atoms with Crippen LogP contribution in [0.25, 0.3) is 0 Å². The summed E-state index contributed by atoms with van der Waals surface area (Å²) in [7, 11) is -1.28. The van der Waals surface area contributed by atoms with Gasteiger partial charge in [0.25, 0.3) is 0 Å². The van der Waals surface area contributed by atoms with Gasteiger partial charge in [0, 0.05) is 10.5 Å². The molecule has 3 heteroatoms. The Morgan fingerprint density at radius 3 is 2.20 bits per heavy atom. The first-order chi connectivity index (χ1) is 9.49. The molecule has 1 unspecified atom stereocenters. The molecule has 0 saturated carbocycles. The van der Waals surface area contributed by atoms with Gasteiger partial charge in [-0.05, 0) is 55.7 Å². The van der Waals surface area contributed by atoms with Crippen molar-refractivity contribution in [2.75, 3.05) is 5.75 Å². The van der Waals surface area contributed by atoms with E-state index in [1.807, 2.05) is 51.1 Å². The van der Waals surface area contributed by atoms with E-state index >= 15 is 0 Å². The lowest BCUT2D eigenvalue weighted by molar-refractivity contribution is 0.102. The zero-order valence-electron chi connectivity index (χ0n) is 12.0. The average Bonchev–Trinajstić information content (AvgIpc) is 2.43. The lowest BCUT2D eigenvalue weighted by atomic mass is 9.99. The van der Waals surface area contributed by atoms with E-state index in [0.717, 1.165) is 11.1 Å². The van der Waals surface area contributed by atoms with Gasteiger partial charge in [0.15, 0.2) is 5.78 Å². The van der Waals surface area contributed by atoms with Gasteiger partial charge in [0.1, 0.15) is 0 Å². The standard InChI is InChI=1S/C17H18O2S/c1-12-9-14(3)16(10-13(12)2)17(18)11-20(19)15-7-5-4-6-8-15/h4-10H,11H2,1-3H3. The highest BCUT2D eigenvalue weighted by Crippen LogP contribution is 2.17. The van der Waals surface area contributed by atoms with Crippen LogP contribution in [0, 0.1) is 20.8 Å². The second-order valence-corrected chi connectivity index (χ2v) is 6.43. The van der Waals surface area contributed by atoms with Crippen molar-refractivity contribution in [1.29, 1.82) is 0 Å². The molecular formula is C17H18O2S. The molecule has 1 atom stereocenters. The Balaban J connectivity index is 2.21. The Morgan fingerprint density at radius 2 is 1.55 bits per heavy atom. The van der Waals surface area contributed by atoms with Crippen LogP contribution in [-0.2, 0) is 10.8 Å². The minimum absolute atomic E-state index is 0.0351. The van der Waals surface area contributed by atoms with Crippen LogP contribution in [-0.4, -0.2) is 15.7 Å². The Kier molecular flexibility index (Phi) is 4.50. The minimum Gasteiger partial charge on any atom is -0.293 e. The molecule has 0 aromatic heterocycles. The summed E-state index contributed by atoms with van der Waals surface area (Å²) in [6.07, 6.45) is 0. The number of hydrogen-bond acceptors (Lipinski definition) is 2. The predicted octanol–water partition coefficient (Wildman–Crippen LogP) is 3.60. The SMILES string of the molecule is Cc1cc(C)c(C(=O)CS(=O)c2ccccc2)cc1C. The molecular weight excluding hydrogens is 268 g/mol. The highest BCUT2D eigenvalue weighted by Gasteiger charge is 2.15. The lowest BCUT2D eigenvalue weighted by Crippen LogP contribution is -2.13. The van der Waals surface area contributed by atoms with E-state index in [-0.39, 0.29) is 11.5 Å². The maximum atomic E-state index is 12.3. The van der Waals surface area contributed by atoms with Crippen molar-refractivity contribution in [3.8, 4) is 0 Å². The van der Waals surface area contributed by atoms with Crippen LogP contribution >= 0.6 is 0 Å².